The summed E-state index contributed by atoms with van der Waals surface area (Å²) in [7, 11) is 3.22. The minimum absolute atomic E-state index is 0.114. The molecule has 1 aliphatic heterocycles. The van der Waals surface area contributed by atoms with Crippen LogP contribution in [0.2, 0.25) is 0 Å². The second-order valence-electron chi connectivity index (χ2n) is 6.43. The standard InChI is InChI=1S/C17H26N2O3/c1-10(2)9-19-13-8-15(22-6)14(21-5)7-12(13)18-16(11(3)4)17(19)20/h7-8,10-11,16,18H,9H2,1-6H3. The number of carbonyl (C=O) groups excluding carboxylic acids is 1. The highest BCUT2D eigenvalue weighted by Crippen LogP contribution is 2.42. The number of fused-ring (bicyclic) bond motifs is 1. The second-order valence-corrected chi connectivity index (χ2v) is 6.43. The smallest absolute Gasteiger partial charge is 0.249 e. The van der Waals surface area contributed by atoms with E-state index in [-0.39, 0.29) is 17.9 Å². The molecule has 1 amide bonds. The first-order valence-corrected chi connectivity index (χ1v) is 7.73. The first-order valence-electron chi connectivity index (χ1n) is 7.73. The number of nitrogens with zero attached hydrogens (tertiary/aromatic N) is 1. The molecule has 0 aromatic heterocycles. The molecule has 1 unspecified atom stereocenters. The molecule has 0 radical (unpaired) electrons. The first kappa shape index (κ1) is 16.5. The van der Waals surface area contributed by atoms with Crippen molar-refractivity contribution in [2.45, 2.75) is 33.7 Å². The molecule has 1 aliphatic rings. The number of hydrogen-bond acceptors (Lipinski definition) is 4. The summed E-state index contributed by atoms with van der Waals surface area (Å²) < 4.78 is 10.7. The van der Waals surface area contributed by atoms with Gasteiger partial charge in [-0.05, 0) is 11.8 Å². The van der Waals surface area contributed by atoms with Gasteiger partial charge < -0.3 is 19.7 Å². The van der Waals surface area contributed by atoms with Crippen molar-refractivity contribution in [3.05, 3.63) is 12.1 Å². The Labute approximate surface area is 132 Å². The molecule has 1 N–H and O–H groups in total. The van der Waals surface area contributed by atoms with Crippen LogP contribution in [0.5, 0.6) is 11.5 Å². The van der Waals surface area contributed by atoms with Crippen molar-refractivity contribution in [3.8, 4) is 11.5 Å². The molecule has 2 rings (SSSR count). The molecule has 1 aromatic rings. The number of benzene rings is 1. The van der Waals surface area contributed by atoms with Crippen LogP contribution in [0.15, 0.2) is 12.1 Å². The van der Waals surface area contributed by atoms with Gasteiger partial charge in [0.25, 0.3) is 0 Å². The van der Waals surface area contributed by atoms with E-state index < -0.39 is 0 Å². The fraction of sp³-hybridized carbons (Fsp3) is 0.588. The highest BCUT2D eigenvalue weighted by Gasteiger charge is 2.35. The number of carbonyl (C=O) groups is 1. The van der Waals surface area contributed by atoms with Gasteiger partial charge in [0, 0.05) is 18.7 Å². The Morgan fingerprint density at radius 2 is 1.73 bits per heavy atom. The van der Waals surface area contributed by atoms with E-state index in [1.807, 2.05) is 17.0 Å². The van der Waals surface area contributed by atoms with Crippen molar-refractivity contribution in [1.29, 1.82) is 0 Å². The predicted octanol–water partition coefficient (Wildman–Crippen LogP) is 3.14. The van der Waals surface area contributed by atoms with Crippen LogP contribution in [-0.2, 0) is 4.79 Å². The highest BCUT2D eigenvalue weighted by molar-refractivity contribution is 6.05. The third-order valence-electron chi connectivity index (χ3n) is 3.85. The summed E-state index contributed by atoms with van der Waals surface area (Å²) in [5, 5.41) is 3.35. The maximum absolute atomic E-state index is 12.8. The Kier molecular flexibility index (Phi) is 4.84. The molecule has 0 saturated carbocycles. The van der Waals surface area contributed by atoms with Gasteiger partial charge in [0.05, 0.1) is 25.6 Å². The molecule has 5 heteroatoms. The van der Waals surface area contributed by atoms with Crippen molar-refractivity contribution in [2.24, 2.45) is 11.8 Å². The summed E-state index contributed by atoms with van der Waals surface area (Å²) in [5.74, 6) is 2.00. The SMILES string of the molecule is COc1cc2c(cc1OC)N(CC(C)C)C(=O)C(C(C)C)N2. The Hall–Kier alpha value is -1.91. The zero-order chi connectivity index (χ0) is 16.4. The molecule has 0 spiro atoms. The zero-order valence-electron chi connectivity index (χ0n) is 14.3. The van der Waals surface area contributed by atoms with Crippen LogP contribution in [0.25, 0.3) is 0 Å². The van der Waals surface area contributed by atoms with E-state index in [9.17, 15) is 4.79 Å². The van der Waals surface area contributed by atoms with E-state index in [0.29, 0.717) is 24.0 Å². The van der Waals surface area contributed by atoms with Crippen LogP contribution in [0.1, 0.15) is 27.7 Å². The topological polar surface area (TPSA) is 50.8 Å². The van der Waals surface area contributed by atoms with Gasteiger partial charge >= 0.3 is 0 Å². The lowest BCUT2D eigenvalue weighted by molar-refractivity contribution is -0.120. The molecule has 5 nitrogen and oxygen atoms in total. The largest absolute Gasteiger partial charge is 0.493 e. The molecule has 0 aliphatic carbocycles. The molecule has 122 valence electrons. The van der Waals surface area contributed by atoms with Crippen LogP contribution in [-0.4, -0.2) is 32.7 Å². The summed E-state index contributed by atoms with van der Waals surface area (Å²) in [6.45, 7) is 9.01. The summed E-state index contributed by atoms with van der Waals surface area (Å²) in [6.07, 6.45) is 0. The molecular formula is C17H26N2O3. The van der Waals surface area contributed by atoms with Crippen molar-refractivity contribution < 1.29 is 14.3 Å². The molecule has 1 atom stereocenters. The maximum Gasteiger partial charge on any atom is 0.249 e. The lowest BCUT2D eigenvalue weighted by Crippen LogP contribution is -2.50. The van der Waals surface area contributed by atoms with E-state index in [2.05, 4.69) is 33.0 Å². The predicted molar refractivity (Wildman–Crippen MR) is 89.0 cm³/mol. The number of anilines is 2. The van der Waals surface area contributed by atoms with Gasteiger partial charge in [-0.3, -0.25) is 4.79 Å². The van der Waals surface area contributed by atoms with Gasteiger partial charge in [-0.15, -0.1) is 0 Å². The third kappa shape index (κ3) is 2.98. The minimum atomic E-state index is -0.218. The molecular weight excluding hydrogens is 280 g/mol. The van der Waals surface area contributed by atoms with E-state index in [1.165, 1.54) is 0 Å². The normalized spacial score (nSPS) is 17.5. The van der Waals surface area contributed by atoms with Gasteiger partial charge in [-0.25, -0.2) is 0 Å². The van der Waals surface area contributed by atoms with Crippen molar-refractivity contribution in [1.82, 2.24) is 0 Å². The average molecular weight is 306 g/mol. The Morgan fingerprint density at radius 1 is 1.14 bits per heavy atom. The number of nitrogens with one attached hydrogen (secondary N) is 1. The Morgan fingerprint density at radius 3 is 2.23 bits per heavy atom. The lowest BCUT2D eigenvalue weighted by atomic mass is 9.97. The van der Waals surface area contributed by atoms with Gasteiger partial charge in [-0.1, -0.05) is 27.7 Å². The van der Waals surface area contributed by atoms with E-state index in [1.54, 1.807) is 14.2 Å². The van der Waals surface area contributed by atoms with Gasteiger partial charge in [0.15, 0.2) is 11.5 Å². The summed E-state index contributed by atoms with van der Waals surface area (Å²) in [6, 6.07) is 3.56. The number of amides is 1. The summed E-state index contributed by atoms with van der Waals surface area (Å²) >= 11 is 0. The van der Waals surface area contributed by atoms with E-state index >= 15 is 0 Å². The monoisotopic (exact) mass is 306 g/mol. The molecule has 0 saturated heterocycles. The van der Waals surface area contributed by atoms with Crippen LogP contribution >= 0.6 is 0 Å². The van der Waals surface area contributed by atoms with Crippen LogP contribution < -0.4 is 19.7 Å². The number of ether oxygens (including phenoxy) is 2. The fourth-order valence-corrected chi connectivity index (χ4v) is 2.73. The number of rotatable bonds is 5. The van der Waals surface area contributed by atoms with Crippen molar-refractivity contribution in [2.75, 3.05) is 31.0 Å². The molecule has 1 aromatic carbocycles. The van der Waals surface area contributed by atoms with Crippen molar-refractivity contribution >= 4 is 17.3 Å². The van der Waals surface area contributed by atoms with Gasteiger partial charge in [0.1, 0.15) is 6.04 Å². The Balaban J connectivity index is 2.53. The lowest BCUT2D eigenvalue weighted by Gasteiger charge is -2.38. The van der Waals surface area contributed by atoms with Crippen molar-refractivity contribution in [3.63, 3.8) is 0 Å². The number of hydrogen-bond donors (Lipinski definition) is 1. The zero-order valence-corrected chi connectivity index (χ0v) is 14.3. The summed E-state index contributed by atoms with van der Waals surface area (Å²) in [4.78, 5) is 14.7. The van der Waals surface area contributed by atoms with E-state index in [4.69, 9.17) is 9.47 Å². The van der Waals surface area contributed by atoms with Crippen LogP contribution in [0.4, 0.5) is 11.4 Å². The average Bonchev–Trinajstić information content (AvgIpc) is 2.47. The molecule has 0 fully saturated rings. The fourth-order valence-electron chi connectivity index (χ4n) is 2.73. The molecule has 22 heavy (non-hydrogen) atoms. The number of methoxy groups -OCH3 is 2. The maximum atomic E-state index is 12.8. The molecule has 0 bridgehead atoms. The Bertz CT molecular complexity index is 555. The minimum Gasteiger partial charge on any atom is -0.493 e. The van der Waals surface area contributed by atoms with Gasteiger partial charge in [0.2, 0.25) is 5.91 Å². The molecule has 1 heterocycles. The second kappa shape index (κ2) is 6.46. The van der Waals surface area contributed by atoms with Gasteiger partial charge in [-0.2, -0.15) is 0 Å². The quantitative estimate of drug-likeness (QED) is 0.908. The highest BCUT2D eigenvalue weighted by atomic mass is 16.5. The first-order chi connectivity index (χ1) is 10.4. The van der Waals surface area contributed by atoms with Crippen LogP contribution in [0, 0.1) is 11.8 Å². The van der Waals surface area contributed by atoms with E-state index in [0.717, 1.165) is 11.4 Å². The third-order valence-corrected chi connectivity index (χ3v) is 3.85. The van der Waals surface area contributed by atoms with Crippen LogP contribution in [0.3, 0.4) is 0 Å². The summed E-state index contributed by atoms with van der Waals surface area (Å²) in [5.41, 5.74) is 1.77.